The molecule has 111 valence electrons. The van der Waals surface area contributed by atoms with Crippen LogP contribution >= 0.6 is 0 Å². The normalized spacial score (nSPS) is 12.7. The van der Waals surface area contributed by atoms with Gasteiger partial charge in [-0.2, -0.15) is 0 Å². The third-order valence-electron chi connectivity index (χ3n) is 4.78. The Hall–Kier alpha value is -2.35. The zero-order valence-electron chi connectivity index (χ0n) is 13.8. The summed E-state index contributed by atoms with van der Waals surface area (Å²) in [6.07, 6.45) is 4.28. The predicted molar refractivity (Wildman–Crippen MR) is 98.8 cm³/mol. The van der Waals surface area contributed by atoms with Crippen molar-refractivity contribution in [1.29, 1.82) is 0 Å². The number of hydrogen-bond donors (Lipinski definition) is 0. The van der Waals surface area contributed by atoms with Crippen molar-refractivity contribution in [2.75, 3.05) is 0 Å². The van der Waals surface area contributed by atoms with Crippen LogP contribution < -0.4 is 11.1 Å². The summed E-state index contributed by atoms with van der Waals surface area (Å²) in [4.78, 5) is 4.75. The van der Waals surface area contributed by atoms with Crippen molar-refractivity contribution in [3.05, 3.63) is 83.3 Å². The Morgan fingerprint density at radius 2 is 1.52 bits per heavy atom. The first-order chi connectivity index (χ1) is 11.1. The summed E-state index contributed by atoms with van der Waals surface area (Å²) >= 11 is 0. The number of rotatable bonds is 1. The summed E-state index contributed by atoms with van der Waals surface area (Å²) in [6.45, 7) is 6.82. The lowest BCUT2D eigenvalue weighted by atomic mass is 9.35. The van der Waals surface area contributed by atoms with Gasteiger partial charge in [0.05, 0.1) is 0 Å². The molecule has 1 radical (unpaired) electrons. The van der Waals surface area contributed by atoms with Crippen molar-refractivity contribution in [2.45, 2.75) is 20.8 Å². The second-order valence-corrected chi connectivity index (χ2v) is 6.48. The summed E-state index contributed by atoms with van der Waals surface area (Å²) in [5.41, 5.74) is 10.4. The first-order valence-corrected chi connectivity index (χ1v) is 8.12. The monoisotopic (exact) mass is 296 g/mol. The van der Waals surface area contributed by atoms with Crippen molar-refractivity contribution in [3.63, 3.8) is 0 Å². The molecule has 1 nitrogen and oxygen atoms in total. The van der Waals surface area contributed by atoms with Gasteiger partial charge in [0.2, 0.25) is 6.71 Å². The van der Waals surface area contributed by atoms with Crippen LogP contribution in [0.5, 0.6) is 0 Å². The topological polar surface area (TPSA) is 12.9 Å². The molecule has 1 aliphatic rings. The molecule has 0 N–H and O–H groups in total. The van der Waals surface area contributed by atoms with Gasteiger partial charge in [-0.25, -0.2) is 0 Å². The second kappa shape index (κ2) is 5.38. The summed E-state index contributed by atoms with van der Waals surface area (Å²) in [5.74, 6) is 0. The quantitative estimate of drug-likeness (QED) is 0.627. The van der Waals surface area contributed by atoms with Gasteiger partial charge in [-0.3, -0.25) is 4.98 Å². The van der Waals surface area contributed by atoms with E-state index < -0.39 is 0 Å². The summed E-state index contributed by atoms with van der Waals surface area (Å²) < 4.78 is 0. The van der Waals surface area contributed by atoms with Gasteiger partial charge in [0.25, 0.3) is 0 Å². The van der Waals surface area contributed by atoms with Gasteiger partial charge in [-0.1, -0.05) is 64.6 Å². The standard InChI is InChI=1S/C21H19BN/c1-14-11-15(2)20(16(3)12-14)22-13-17-7-4-5-8-18(17)19-9-6-10-23-21(19)22/h4-13H,1-3H3. The molecule has 0 bridgehead atoms. The molecule has 4 rings (SSSR count). The molecule has 0 saturated carbocycles. The second-order valence-electron chi connectivity index (χ2n) is 6.48. The molecule has 2 aromatic carbocycles. The zero-order chi connectivity index (χ0) is 16.0. The molecule has 23 heavy (non-hydrogen) atoms. The van der Waals surface area contributed by atoms with Crippen LogP contribution in [-0.4, -0.2) is 11.7 Å². The van der Waals surface area contributed by atoms with Gasteiger partial charge >= 0.3 is 0 Å². The number of benzene rings is 2. The highest BCUT2D eigenvalue weighted by Crippen LogP contribution is 2.29. The molecule has 0 fully saturated rings. The van der Waals surface area contributed by atoms with E-state index >= 15 is 0 Å². The molecule has 0 spiro atoms. The Bertz CT molecular complexity index is 875. The van der Waals surface area contributed by atoms with Gasteiger partial charge < -0.3 is 0 Å². The molecule has 3 aromatic rings. The van der Waals surface area contributed by atoms with E-state index in [2.05, 4.69) is 69.6 Å². The number of hydrogen-bond acceptors (Lipinski definition) is 1. The van der Waals surface area contributed by atoms with Crippen LogP contribution in [0.4, 0.5) is 0 Å². The Labute approximate surface area is 138 Å². The van der Waals surface area contributed by atoms with Gasteiger partial charge in [0.15, 0.2) is 0 Å². The van der Waals surface area contributed by atoms with Crippen LogP contribution in [0.15, 0.2) is 54.7 Å². The number of aromatic nitrogens is 1. The molecule has 2 heteroatoms. The molecule has 0 saturated heterocycles. The van der Waals surface area contributed by atoms with E-state index in [-0.39, 0.29) is 6.71 Å². The van der Waals surface area contributed by atoms with Crippen LogP contribution in [0.3, 0.4) is 0 Å². The molecule has 1 aromatic heterocycles. The molecule has 0 unspecified atom stereocenters. The third-order valence-corrected chi connectivity index (χ3v) is 4.78. The van der Waals surface area contributed by atoms with Crippen molar-refractivity contribution in [2.24, 2.45) is 0 Å². The molecule has 0 aliphatic carbocycles. The molecular formula is C21H19BN. The van der Waals surface area contributed by atoms with E-state index in [1.54, 1.807) is 0 Å². The van der Waals surface area contributed by atoms with Crippen molar-refractivity contribution in [1.82, 2.24) is 4.98 Å². The predicted octanol–water partition coefficient (Wildman–Crippen LogP) is 3.39. The number of aryl methyl sites for hydroxylation is 3. The van der Waals surface area contributed by atoms with E-state index in [0.29, 0.717) is 0 Å². The van der Waals surface area contributed by atoms with Gasteiger partial charge in [-0.05, 0) is 49.8 Å². The smallest absolute Gasteiger partial charge is 0.242 e. The summed E-state index contributed by atoms with van der Waals surface area (Å²) in [6, 6.07) is 17.4. The minimum absolute atomic E-state index is 0.224. The van der Waals surface area contributed by atoms with E-state index in [9.17, 15) is 0 Å². The van der Waals surface area contributed by atoms with Gasteiger partial charge in [0.1, 0.15) is 0 Å². The van der Waals surface area contributed by atoms with E-state index in [4.69, 9.17) is 4.98 Å². The Balaban J connectivity index is 1.96. The highest BCUT2D eigenvalue weighted by Gasteiger charge is 2.32. The van der Waals surface area contributed by atoms with Crippen molar-refractivity contribution >= 4 is 17.8 Å². The highest BCUT2D eigenvalue weighted by atomic mass is 14.7. The average Bonchev–Trinajstić information content (AvgIpc) is 2.54. The molecule has 1 aliphatic heterocycles. The van der Waals surface area contributed by atoms with Gasteiger partial charge in [-0.15, -0.1) is 0 Å². The molecule has 2 heterocycles. The maximum Gasteiger partial charge on any atom is 0.242 e. The van der Waals surface area contributed by atoms with Gasteiger partial charge in [0, 0.05) is 11.8 Å². The average molecular weight is 296 g/mol. The van der Waals surface area contributed by atoms with E-state index in [1.807, 2.05) is 12.3 Å². The fourth-order valence-corrected chi connectivity index (χ4v) is 3.94. The first-order valence-electron chi connectivity index (χ1n) is 8.12. The maximum atomic E-state index is 4.75. The summed E-state index contributed by atoms with van der Waals surface area (Å²) in [7, 11) is 0. The lowest BCUT2D eigenvalue weighted by Crippen LogP contribution is -2.50. The molecule has 0 amide bonds. The lowest BCUT2D eigenvalue weighted by molar-refractivity contribution is 1.33. The Morgan fingerprint density at radius 3 is 2.30 bits per heavy atom. The van der Waals surface area contributed by atoms with E-state index in [0.717, 1.165) is 0 Å². The minimum atomic E-state index is 0.224. The number of fused-ring (bicyclic) bond motifs is 3. The van der Waals surface area contributed by atoms with E-state index in [1.165, 1.54) is 44.4 Å². The highest BCUT2D eigenvalue weighted by molar-refractivity contribution is 6.90. The number of nitrogens with zero attached hydrogens (tertiary/aromatic N) is 1. The third kappa shape index (κ3) is 2.30. The molecule has 0 atom stereocenters. The molecular weight excluding hydrogens is 277 g/mol. The minimum Gasteiger partial charge on any atom is -0.270 e. The SMILES string of the molecule is Cc1cc(C)c(B2[CH]c3ccccc3-c3cccnc32)c(C)c1. The first kappa shape index (κ1) is 14.3. The fourth-order valence-electron chi connectivity index (χ4n) is 3.94. The fraction of sp³-hybridized carbons (Fsp3) is 0.143. The van der Waals surface area contributed by atoms with Crippen molar-refractivity contribution in [3.8, 4) is 11.1 Å². The maximum absolute atomic E-state index is 4.75. The zero-order valence-corrected chi connectivity index (χ0v) is 13.8. The van der Waals surface area contributed by atoms with Crippen molar-refractivity contribution < 1.29 is 0 Å². The Morgan fingerprint density at radius 1 is 0.826 bits per heavy atom. The van der Waals surface area contributed by atoms with Crippen LogP contribution in [0.1, 0.15) is 22.3 Å². The lowest BCUT2D eigenvalue weighted by Gasteiger charge is -2.27. The largest absolute Gasteiger partial charge is 0.270 e. The van der Waals surface area contributed by atoms with Crippen LogP contribution in [0.25, 0.3) is 11.1 Å². The van der Waals surface area contributed by atoms with Crippen LogP contribution in [0, 0.1) is 27.1 Å². The van der Waals surface area contributed by atoms with Crippen LogP contribution in [0.2, 0.25) is 0 Å². The Kier molecular flexibility index (Phi) is 3.34. The van der Waals surface area contributed by atoms with Crippen LogP contribution in [-0.2, 0) is 0 Å². The number of pyridine rings is 1. The summed E-state index contributed by atoms with van der Waals surface area (Å²) in [5, 5.41) is 0.